The van der Waals surface area contributed by atoms with Gasteiger partial charge in [0.2, 0.25) is 15.8 Å². The molecule has 0 radical (unpaired) electrons. The molecule has 0 unspecified atom stereocenters. The highest BCUT2D eigenvalue weighted by atomic mass is 32.2. The molecule has 0 spiro atoms. The highest BCUT2D eigenvalue weighted by molar-refractivity contribution is 7.88. The molecule has 1 N–H and O–H groups in total. The average Bonchev–Trinajstić information content (AvgIpc) is 3.18. The molecule has 2 heterocycles. The van der Waals surface area contributed by atoms with Crippen LogP contribution in [0.2, 0.25) is 0 Å². The SMILES string of the molecule is CS(=O)(=O)NCCc1ccc(C(=O)COC(=O)/C=C/c2ccc3c(c2)OCCO3)s1. The van der Waals surface area contributed by atoms with Crippen LogP contribution in [0, 0.1) is 0 Å². The number of hydrogen-bond acceptors (Lipinski definition) is 8. The summed E-state index contributed by atoms with van der Waals surface area (Å²) in [6, 6.07) is 8.71. The minimum atomic E-state index is -3.24. The van der Waals surface area contributed by atoms with E-state index in [9.17, 15) is 18.0 Å². The van der Waals surface area contributed by atoms with Crippen LogP contribution in [0.15, 0.2) is 36.4 Å². The summed E-state index contributed by atoms with van der Waals surface area (Å²) in [6.07, 6.45) is 4.38. The summed E-state index contributed by atoms with van der Waals surface area (Å²) in [5.41, 5.74) is 0.744. The number of sulfonamides is 1. The van der Waals surface area contributed by atoms with Crippen molar-refractivity contribution in [1.29, 1.82) is 0 Å². The molecule has 8 nitrogen and oxygen atoms in total. The lowest BCUT2D eigenvalue weighted by Gasteiger charge is -2.18. The third-order valence-electron chi connectivity index (χ3n) is 4.00. The van der Waals surface area contributed by atoms with Crippen molar-refractivity contribution in [2.24, 2.45) is 0 Å². The molecule has 1 aromatic carbocycles. The van der Waals surface area contributed by atoms with Crippen molar-refractivity contribution in [3.05, 3.63) is 51.7 Å². The Hall–Kier alpha value is -2.69. The molecular weight excluding hydrogens is 430 g/mol. The van der Waals surface area contributed by atoms with Gasteiger partial charge in [-0.2, -0.15) is 0 Å². The molecule has 1 aromatic heterocycles. The highest BCUT2D eigenvalue weighted by Crippen LogP contribution is 2.31. The molecule has 160 valence electrons. The first kappa shape index (κ1) is 22.0. The van der Waals surface area contributed by atoms with Crippen molar-refractivity contribution in [3.63, 3.8) is 0 Å². The molecule has 30 heavy (non-hydrogen) atoms. The summed E-state index contributed by atoms with van der Waals surface area (Å²) < 4.78 is 40.5. The van der Waals surface area contributed by atoms with Gasteiger partial charge >= 0.3 is 5.97 Å². The summed E-state index contributed by atoms with van der Waals surface area (Å²) in [5, 5.41) is 0. The number of fused-ring (bicyclic) bond motifs is 1. The molecular formula is C20H21NO7S2. The second-order valence-electron chi connectivity index (χ2n) is 6.45. The number of carbonyl (C=O) groups excluding carboxylic acids is 2. The average molecular weight is 452 g/mol. The first-order valence-electron chi connectivity index (χ1n) is 9.11. The number of Topliss-reactive ketones (excluding diaryl/α,β-unsaturated/α-hetero) is 1. The fraction of sp³-hybridized carbons (Fsp3) is 0.300. The molecule has 2 aromatic rings. The van der Waals surface area contributed by atoms with Crippen molar-refractivity contribution in [2.75, 3.05) is 32.6 Å². The van der Waals surface area contributed by atoms with Gasteiger partial charge in [-0.1, -0.05) is 6.07 Å². The Morgan fingerprint density at radius 2 is 1.93 bits per heavy atom. The van der Waals surface area contributed by atoms with Crippen LogP contribution in [-0.4, -0.2) is 52.8 Å². The Balaban J connectivity index is 1.46. The lowest BCUT2D eigenvalue weighted by Crippen LogP contribution is -2.24. The van der Waals surface area contributed by atoms with E-state index in [4.69, 9.17) is 14.2 Å². The van der Waals surface area contributed by atoms with Crippen molar-refractivity contribution in [2.45, 2.75) is 6.42 Å². The van der Waals surface area contributed by atoms with Gasteiger partial charge in [0.15, 0.2) is 18.1 Å². The molecule has 0 saturated carbocycles. The monoisotopic (exact) mass is 451 g/mol. The van der Waals surface area contributed by atoms with Gasteiger partial charge in [0, 0.05) is 17.5 Å². The van der Waals surface area contributed by atoms with Crippen molar-refractivity contribution in [1.82, 2.24) is 4.72 Å². The summed E-state index contributed by atoms with van der Waals surface area (Å²) in [5.74, 6) is 0.331. The number of hydrogen-bond donors (Lipinski definition) is 1. The number of ether oxygens (including phenoxy) is 3. The molecule has 3 rings (SSSR count). The Morgan fingerprint density at radius 3 is 2.70 bits per heavy atom. The quantitative estimate of drug-likeness (QED) is 0.353. The zero-order valence-electron chi connectivity index (χ0n) is 16.3. The topological polar surface area (TPSA) is 108 Å². The molecule has 0 saturated heterocycles. The van der Waals surface area contributed by atoms with Crippen LogP contribution in [-0.2, 0) is 26.0 Å². The van der Waals surface area contributed by atoms with Gasteiger partial charge in [0.25, 0.3) is 0 Å². The number of rotatable bonds is 9. The number of carbonyl (C=O) groups is 2. The Morgan fingerprint density at radius 1 is 1.17 bits per heavy atom. The van der Waals surface area contributed by atoms with E-state index in [-0.39, 0.29) is 18.9 Å². The van der Waals surface area contributed by atoms with E-state index >= 15 is 0 Å². The molecule has 1 aliphatic rings. The number of nitrogens with one attached hydrogen (secondary N) is 1. The fourth-order valence-corrected chi connectivity index (χ4v) is 4.01. The van der Waals surface area contributed by atoms with Gasteiger partial charge in [0.05, 0.1) is 11.1 Å². The smallest absolute Gasteiger partial charge is 0.331 e. The summed E-state index contributed by atoms with van der Waals surface area (Å²) in [7, 11) is -3.24. The van der Waals surface area contributed by atoms with Gasteiger partial charge in [-0.15, -0.1) is 11.3 Å². The first-order chi connectivity index (χ1) is 14.3. The number of esters is 1. The maximum absolute atomic E-state index is 12.2. The summed E-state index contributed by atoms with van der Waals surface area (Å²) >= 11 is 1.25. The second-order valence-corrected chi connectivity index (χ2v) is 9.45. The number of ketones is 1. The molecule has 0 aliphatic carbocycles. The minimum absolute atomic E-state index is 0.257. The molecule has 0 atom stereocenters. The third kappa shape index (κ3) is 6.68. The van der Waals surface area contributed by atoms with Gasteiger partial charge in [-0.25, -0.2) is 17.9 Å². The first-order valence-corrected chi connectivity index (χ1v) is 11.8. The Bertz CT molecular complexity index is 1060. The van der Waals surface area contributed by atoms with E-state index in [1.807, 2.05) is 0 Å². The van der Waals surface area contributed by atoms with E-state index in [1.165, 1.54) is 17.4 Å². The van der Waals surface area contributed by atoms with Crippen LogP contribution in [0.4, 0.5) is 0 Å². The Kier molecular flexibility index (Phi) is 7.24. The van der Waals surface area contributed by atoms with E-state index in [0.717, 1.165) is 16.7 Å². The highest BCUT2D eigenvalue weighted by Gasteiger charge is 2.13. The van der Waals surface area contributed by atoms with Crippen LogP contribution in [0.3, 0.4) is 0 Å². The minimum Gasteiger partial charge on any atom is -0.486 e. The van der Waals surface area contributed by atoms with Crippen LogP contribution in [0.1, 0.15) is 20.1 Å². The zero-order chi connectivity index (χ0) is 21.6. The maximum atomic E-state index is 12.2. The summed E-state index contributed by atoms with van der Waals surface area (Å²) in [6.45, 7) is 0.868. The fourth-order valence-electron chi connectivity index (χ4n) is 2.61. The Labute approximate surface area is 178 Å². The van der Waals surface area contributed by atoms with Crippen molar-refractivity contribution < 1.29 is 32.2 Å². The molecule has 10 heteroatoms. The van der Waals surface area contributed by atoms with Crippen molar-refractivity contribution >= 4 is 39.2 Å². The predicted molar refractivity (Wildman–Crippen MR) is 113 cm³/mol. The van der Waals surface area contributed by atoms with Crippen molar-refractivity contribution in [3.8, 4) is 11.5 Å². The molecule has 0 amide bonds. The largest absolute Gasteiger partial charge is 0.486 e. The normalized spacial score (nSPS) is 13.4. The lowest BCUT2D eigenvalue weighted by atomic mass is 10.2. The van der Waals surface area contributed by atoms with Gasteiger partial charge in [-0.05, 0) is 42.3 Å². The second kappa shape index (κ2) is 9.88. The standard InChI is InChI=1S/C20H21NO7S2/c1-30(24,25)21-9-8-15-4-6-19(29-15)16(22)13-28-20(23)7-3-14-2-5-17-18(12-14)27-11-10-26-17/h2-7,12,21H,8-11,13H2,1H3/b7-3+. The third-order valence-corrected chi connectivity index (χ3v) is 5.91. The van der Waals surface area contributed by atoms with Crippen LogP contribution < -0.4 is 14.2 Å². The zero-order valence-corrected chi connectivity index (χ0v) is 17.9. The summed E-state index contributed by atoms with van der Waals surface area (Å²) in [4.78, 5) is 25.4. The van der Waals surface area contributed by atoms with E-state index in [1.54, 1.807) is 36.4 Å². The van der Waals surface area contributed by atoms with E-state index < -0.39 is 16.0 Å². The van der Waals surface area contributed by atoms with Crippen LogP contribution in [0.5, 0.6) is 11.5 Å². The maximum Gasteiger partial charge on any atom is 0.331 e. The molecule has 0 bridgehead atoms. The number of thiophene rings is 1. The van der Waals surface area contributed by atoms with Crippen LogP contribution in [0.25, 0.3) is 6.08 Å². The van der Waals surface area contributed by atoms with Gasteiger partial charge < -0.3 is 14.2 Å². The van der Waals surface area contributed by atoms with Gasteiger partial charge in [0.1, 0.15) is 13.2 Å². The predicted octanol–water partition coefficient (Wildman–Crippen LogP) is 2.05. The van der Waals surface area contributed by atoms with E-state index in [2.05, 4.69) is 4.72 Å². The molecule has 0 fully saturated rings. The number of benzene rings is 1. The van der Waals surface area contributed by atoms with Crippen LogP contribution >= 0.6 is 11.3 Å². The lowest BCUT2D eigenvalue weighted by molar-refractivity contribution is -0.136. The van der Waals surface area contributed by atoms with E-state index in [0.29, 0.717) is 36.0 Å². The molecule has 1 aliphatic heterocycles. The van der Waals surface area contributed by atoms with Gasteiger partial charge in [-0.3, -0.25) is 4.79 Å².